The highest BCUT2D eigenvalue weighted by atomic mass is 15.0. The molecule has 268 valence electrons. The van der Waals surface area contributed by atoms with Gasteiger partial charge in [0.1, 0.15) is 0 Å². The third-order valence-electron chi connectivity index (χ3n) is 11.3. The molecule has 0 fully saturated rings. The van der Waals surface area contributed by atoms with E-state index in [1.54, 1.807) is 0 Å². The summed E-state index contributed by atoms with van der Waals surface area (Å²) in [6, 6.07) is 62.5. The Bertz CT molecular complexity index is 3140. The molecule has 0 bridgehead atoms. The molecule has 0 N–H and O–H groups in total. The highest BCUT2D eigenvalue weighted by Crippen LogP contribution is 2.46. The number of hydrogen-bond donors (Lipinski definition) is 0. The average Bonchev–Trinajstić information content (AvgIpc) is 3.64. The van der Waals surface area contributed by atoms with Crippen LogP contribution in [-0.4, -0.2) is 19.5 Å². The molecular formula is C53H36N4. The van der Waals surface area contributed by atoms with Gasteiger partial charge in [0, 0.05) is 39.1 Å². The second kappa shape index (κ2) is 13.7. The third kappa shape index (κ3) is 5.65. The smallest absolute Gasteiger partial charge is 0.164 e. The molecule has 10 aromatic rings. The van der Waals surface area contributed by atoms with Gasteiger partial charge >= 0.3 is 0 Å². The first-order valence-electron chi connectivity index (χ1n) is 19.6. The van der Waals surface area contributed by atoms with Gasteiger partial charge in [-0.15, -0.1) is 0 Å². The predicted molar refractivity (Wildman–Crippen MR) is 237 cm³/mol. The second-order valence-electron chi connectivity index (χ2n) is 14.7. The van der Waals surface area contributed by atoms with E-state index in [4.69, 9.17) is 15.0 Å². The molecule has 4 nitrogen and oxygen atoms in total. The Hall–Kier alpha value is -7.43. The predicted octanol–water partition coefficient (Wildman–Crippen LogP) is 13.5. The summed E-state index contributed by atoms with van der Waals surface area (Å²) in [4.78, 5) is 15.2. The third-order valence-corrected chi connectivity index (χ3v) is 11.3. The van der Waals surface area contributed by atoms with Crippen LogP contribution in [-0.2, 0) is 0 Å². The fourth-order valence-corrected chi connectivity index (χ4v) is 8.73. The number of rotatable bonds is 6. The molecule has 57 heavy (non-hydrogen) atoms. The summed E-state index contributed by atoms with van der Waals surface area (Å²) >= 11 is 0. The Morgan fingerprint density at radius 2 is 0.930 bits per heavy atom. The van der Waals surface area contributed by atoms with Crippen LogP contribution in [0, 0.1) is 0 Å². The topological polar surface area (TPSA) is 43.6 Å². The van der Waals surface area contributed by atoms with Crippen molar-refractivity contribution in [2.75, 3.05) is 0 Å². The Kier molecular flexibility index (Phi) is 7.92. The SMILES string of the molecule is C1=CCC(c2cc3c(c4ccccc24)c2c4ccccc4c(-c4ccccc4)cc2n3-c2cccc(-c3nc(-c4ccccc4)nc(-c4ccccc4)n3)c2)C=C1. The molecule has 1 aliphatic carbocycles. The van der Waals surface area contributed by atoms with E-state index in [9.17, 15) is 0 Å². The minimum Gasteiger partial charge on any atom is -0.309 e. The van der Waals surface area contributed by atoms with E-state index in [0.717, 1.165) is 34.3 Å². The molecule has 8 aromatic carbocycles. The van der Waals surface area contributed by atoms with E-state index in [1.807, 2.05) is 36.4 Å². The maximum Gasteiger partial charge on any atom is 0.164 e. The number of fused-ring (bicyclic) bond motifs is 7. The number of allylic oxidation sites excluding steroid dienone is 4. The zero-order chi connectivity index (χ0) is 37.7. The molecular weight excluding hydrogens is 693 g/mol. The molecule has 1 atom stereocenters. The molecule has 0 aliphatic heterocycles. The molecule has 0 radical (unpaired) electrons. The van der Waals surface area contributed by atoms with Crippen molar-refractivity contribution in [3.05, 3.63) is 206 Å². The van der Waals surface area contributed by atoms with Crippen molar-refractivity contribution in [3.8, 4) is 51.0 Å². The lowest BCUT2D eigenvalue weighted by Crippen LogP contribution is -2.02. The molecule has 1 unspecified atom stereocenters. The van der Waals surface area contributed by atoms with Crippen molar-refractivity contribution in [2.24, 2.45) is 0 Å². The van der Waals surface area contributed by atoms with Crippen molar-refractivity contribution in [3.63, 3.8) is 0 Å². The fourth-order valence-electron chi connectivity index (χ4n) is 8.73. The quantitative estimate of drug-likeness (QED) is 0.171. The van der Waals surface area contributed by atoms with Crippen LogP contribution in [0.25, 0.3) is 94.3 Å². The lowest BCUT2D eigenvalue weighted by molar-refractivity contribution is 0.862. The highest BCUT2D eigenvalue weighted by molar-refractivity contribution is 6.30. The van der Waals surface area contributed by atoms with Crippen LogP contribution in [0.5, 0.6) is 0 Å². The Morgan fingerprint density at radius 3 is 1.54 bits per heavy atom. The van der Waals surface area contributed by atoms with Gasteiger partial charge < -0.3 is 4.57 Å². The lowest BCUT2D eigenvalue weighted by Gasteiger charge is -2.18. The van der Waals surface area contributed by atoms with Gasteiger partial charge in [0.25, 0.3) is 0 Å². The van der Waals surface area contributed by atoms with Crippen molar-refractivity contribution >= 4 is 43.4 Å². The summed E-state index contributed by atoms with van der Waals surface area (Å²) in [6.45, 7) is 0. The molecule has 2 aromatic heterocycles. The van der Waals surface area contributed by atoms with Gasteiger partial charge in [0.15, 0.2) is 17.5 Å². The average molecular weight is 729 g/mol. The minimum atomic E-state index is 0.275. The Morgan fingerprint density at radius 1 is 0.421 bits per heavy atom. The second-order valence-corrected chi connectivity index (χ2v) is 14.7. The number of hydrogen-bond acceptors (Lipinski definition) is 3. The fraction of sp³-hybridized carbons (Fsp3) is 0.0377. The molecule has 2 heterocycles. The Labute approximate surface area is 330 Å². The summed E-state index contributed by atoms with van der Waals surface area (Å²) in [5.41, 5.74) is 9.94. The van der Waals surface area contributed by atoms with Gasteiger partial charge in [0.05, 0.1) is 11.0 Å². The maximum atomic E-state index is 5.11. The summed E-state index contributed by atoms with van der Waals surface area (Å²) in [5, 5.41) is 7.56. The molecule has 4 heteroatoms. The van der Waals surface area contributed by atoms with Crippen molar-refractivity contribution in [1.29, 1.82) is 0 Å². The first-order chi connectivity index (χ1) is 28.3. The molecule has 11 rings (SSSR count). The summed E-state index contributed by atoms with van der Waals surface area (Å²) in [7, 11) is 0. The zero-order valence-corrected chi connectivity index (χ0v) is 31.1. The van der Waals surface area contributed by atoms with E-state index >= 15 is 0 Å². The highest BCUT2D eigenvalue weighted by Gasteiger charge is 2.23. The van der Waals surface area contributed by atoms with Gasteiger partial charge in [0.2, 0.25) is 0 Å². The largest absolute Gasteiger partial charge is 0.309 e. The lowest BCUT2D eigenvalue weighted by atomic mass is 9.87. The Balaban J connectivity index is 1.23. The van der Waals surface area contributed by atoms with Crippen molar-refractivity contribution < 1.29 is 0 Å². The number of benzene rings is 8. The molecule has 0 saturated carbocycles. The minimum absolute atomic E-state index is 0.275. The van der Waals surface area contributed by atoms with Crippen molar-refractivity contribution in [2.45, 2.75) is 12.3 Å². The van der Waals surface area contributed by atoms with E-state index in [-0.39, 0.29) is 5.92 Å². The van der Waals surface area contributed by atoms with E-state index in [2.05, 4.69) is 168 Å². The first-order valence-corrected chi connectivity index (χ1v) is 19.6. The van der Waals surface area contributed by atoms with E-state index < -0.39 is 0 Å². The van der Waals surface area contributed by atoms with E-state index in [1.165, 1.54) is 54.5 Å². The maximum absolute atomic E-state index is 5.11. The molecule has 0 saturated heterocycles. The van der Waals surface area contributed by atoms with Crippen LogP contribution in [0.2, 0.25) is 0 Å². The first kappa shape index (κ1) is 33.0. The summed E-state index contributed by atoms with van der Waals surface area (Å²) < 4.78 is 2.47. The van der Waals surface area contributed by atoms with Crippen LogP contribution < -0.4 is 0 Å². The van der Waals surface area contributed by atoms with Gasteiger partial charge in [-0.25, -0.2) is 15.0 Å². The van der Waals surface area contributed by atoms with Gasteiger partial charge in [-0.1, -0.05) is 176 Å². The number of aromatic nitrogens is 4. The summed E-state index contributed by atoms with van der Waals surface area (Å²) in [6.07, 6.45) is 9.94. The molecule has 1 aliphatic rings. The monoisotopic (exact) mass is 728 g/mol. The van der Waals surface area contributed by atoms with Crippen LogP contribution in [0.15, 0.2) is 200 Å². The van der Waals surface area contributed by atoms with Crippen LogP contribution >= 0.6 is 0 Å². The summed E-state index contributed by atoms with van der Waals surface area (Å²) in [5.74, 6) is 2.19. The normalized spacial score (nSPS) is 13.9. The van der Waals surface area contributed by atoms with Crippen LogP contribution in [0.3, 0.4) is 0 Å². The standard InChI is InChI=1S/C53H36N4/c1-5-18-35(19-6-1)45-33-47-49(43-30-15-13-28-41(43)45)50-44-31-16-14-29-42(44)46(36-20-7-2-8-21-36)34-48(50)57(47)40-27-17-26-39(32-40)53-55-51(37-22-9-3-10-23-37)54-52(56-53)38-24-11-4-12-25-38/h1-20,22-34,36H,21H2. The molecule has 0 spiro atoms. The van der Waals surface area contributed by atoms with Gasteiger partial charge in [-0.3, -0.25) is 0 Å². The van der Waals surface area contributed by atoms with Gasteiger partial charge in [-0.2, -0.15) is 0 Å². The van der Waals surface area contributed by atoms with E-state index in [0.29, 0.717) is 17.5 Å². The van der Waals surface area contributed by atoms with Crippen LogP contribution in [0.1, 0.15) is 17.9 Å². The molecule has 0 amide bonds. The number of nitrogens with zero attached hydrogens (tertiary/aromatic N) is 4. The van der Waals surface area contributed by atoms with Crippen molar-refractivity contribution in [1.82, 2.24) is 19.5 Å². The zero-order valence-electron chi connectivity index (χ0n) is 31.1. The van der Waals surface area contributed by atoms with Gasteiger partial charge in [-0.05, 0) is 68.9 Å². The van der Waals surface area contributed by atoms with Crippen LogP contribution in [0.4, 0.5) is 0 Å².